The molecule has 3 rings (SSSR count). The molecule has 0 saturated heterocycles. The smallest absolute Gasteiger partial charge is 0.417 e. The Morgan fingerprint density at radius 3 is 2.42 bits per heavy atom. The number of aryl methyl sites for hydroxylation is 1. The minimum absolute atomic E-state index is 0.128. The number of hydrogen-bond donors (Lipinski definition) is 2. The van der Waals surface area contributed by atoms with Gasteiger partial charge in [0.1, 0.15) is 0 Å². The van der Waals surface area contributed by atoms with Crippen LogP contribution < -0.4 is 11.0 Å². The third kappa shape index (κ3) is 5.15. The zero-order valence-electron chi connectivity index (χ0n) is 15.9. The van der Waals surface area contributed by atoms with Gasteiger partial charge in [-0.3, -0.25) is 9.36 Å². The lowest BCUT2D eigenvalue weighted by Gasteiger charge is -2.12. The number of alkyl halides is 3. The number of nitrogens with one attached hydrogen (secondary N) is 2. The number of aromatic nitrogens is 2. The quantitative estimate of drug-likeness (QED) is 0.572. The van der Waals surface area contributed by atoms with Crippen molar-refractivity contribution in [3.05, 3.63) is 81.0 Å². The number of imidazole rings is 1. The molecule has 0 aliphatic rings. The van der Waals surface area contributed by atoms with E-state index in [9.17, 15) is 27.6 Å². The van der Waals surface area contributed by atoms with Crippen molar-refractivity contribution in [2.45, 2.75) is 13.1 Å². The zero-order chi connectivity index (χ0) is 22.8. The van der Waals surface area contributed by atoms with Crippen molar-refractivity contribution >= 4 is 29.2 Å². The van der Waals surface area contributed by atoms with Crippen LogP contribution in [-0.2, 0) is 15.7 Å². The Hall–Kier alpha value is -3.53. The summed E-state index contributed by atoms with van der Waals surface area (Å²) in [5.74, 6) is -1.64. The summed E-state index contributed by atoms with van der Waals surface area (Å²) in [5, 5.41) is 1.71. The molecule has 2 N–H and O–H groups in total. The molecular weight excluding hydrogens is 439 g/mol. The Balaban J connectivity index is 1.61. The minimum Gasteiger partial charge on any atom is -0.452 e. The van der Waals surface area contributed by atoms with E-state index in [4.69, 9.17) is 16.3 Å². The Morgan fingerprint density at radius 1 is 1.16 bits per heavy atom. The fraction of sp³-hybridized carbons (Fsp3) is 0.150. The predicted molar refractivity (Wildman–Crippen MR) is 106 cm³/mol. The second-order valence-corrected chi connectivity index (χ2v) is 6.84. The van der Waals surface area contributed by atoms with Gasteiger partial charge in [-0.1, -0.05) is 11.6 Å². The number of carbonyl (C=O) groups excluding carboxylic acids is 2. The van der Waals surface area contributed by atoms with Crippen molar-refractivity contribution in [2.24, 2.45) is 0 Å². The number of benzene rings is 2. The summed E-state index contributed by atoms with van der Waals surface area (Å²) in [7, 11) is 0. The second kappa shape index (κ2) is 8.68. The van der Waals surface area contributed by atoms with Crippen LogP contribution in [0.4, 0.5) is 18.9 Å². The van der Waals surface area contributed by atoms with Gasteiger partial charge in [0, 0.05) is 17.6 Å². The Bertz CT molecular complexity index is 1180. The number of halogens is 4. The van der Waals surface area contributed by atoms with Crippen molar-refractivity contribution in [3.8, 4) is 5.69 Å². The van der Waals surface area contributed by atoms with Gasteiger partial charge in [-0.15, -0.1) is 0 Å². The molecule has 2 aromatic carbocycles. The van der Waals surface area contributed by atoms with E-state index in [0.29, 0.717) is 17.4 Å². The third-order valence-electron chi connectivity index (χ3n) is 4.21. The highest BCUT2D eigenvalue weighted by Gasteiger charge is 2.33. The first-order valence-electron chi connectivity index (χ1n) is 8.77. The molecule has 1 aromatic heterocycles. The number of H-pyrrole nitrogens is 1. The van der Waals surface area contributed by atoms with Crippen LogP contribution in [0.15, 0.2) is 53.5 Å². The largest absolute Gasteiger partial charge is 0.452 e. The molecule has 0 atom stereocenters. The molecule has 0 radical (unpaired) electrons. The maximum atomic E-state index is 12.9. The number of nitrogens with zero attached hydrogens (tertiary/aromatic N) is 1. The van der Waals surface area contributed by atoms with Crippen LogP contribution in [0.2, 0.25) is 5.02 Å². The van der Waals surface area contributed by atoms with Gasteiger partial charge in [-0.05, 0) is 49.4 Å². The number of hydrogen-bond acceptors (Lipinski definition) is 4. The lowest BCUT2D eigenvalue weighted by atomic mass is 10.2. The van der Waals surface area contributed by atoms with Crippen molar-refractivity contribution in [3.63, 3.8) is 0 Å². The maximum absolute atomic E-state index is 12.9. The number of carbonyl (C=O) groups is 2. The van der Waals surface area contributed by atoms with Crippen molar-refractivity contribution < 1.29 is 27.5 Å². The predicted octanol–water partition coefficient (Wildman–Crippen LogP) is 3.94. The van der Waals surface area contributed by atoms with E-state index in [2.05, 4.69) is 10.3 Å². The highest BCUT2D eigenvalue weighted by atomic mass is 35.5. The van der Waals surface area contributed by atoms with E-state index in [1.165, 1.54) is 34.9 Å². The summed E-state index contributed by atoms with van der Waals surface area (Å²) in [6, 6.07) is 8.79. The van der Waals surface area contributed by atoms with Gasteiger partial charge in [-0.2, -0.15) is 13.2 Å². The van der Waals surface area contributed by atoms with Gasteiger partial charge in [0.2, 0.25) is 0 Å². The molecule has 1 heterocycles. The summed E-state index contributed by atoms with van der Waals surface area (Å²) in [6.07, 6.45) is -3.14. The molecule has 3 aromatic rings. The van der Waals surface area contributed by atoms with E-state index < -0.39 is 35.2 Å². The molecule has 31 heavy (non-hydrogen) atoms. The van der Waals surface area contributed by atoms with Gasteiger partial charge in [-0.25, -0.2) is 9.59 Å². The summed E-state index contributed by atoms with van der Waals surface area (Å²) >= 11 is 5.53. The topological polar surface area (TPSA) is 93.2 Å². The summed E-state index contributed by atoms with van der Waals surface area (Å²) in [4.78, 5) is 38.4. The van der Waals surface area contributed by atoms with Crippen molar-refractivity contribution in [2.75, 3.05) is 11.9 Å². The van der Waals surface area contributed by atoms with Gasteiger partial charge in [0.25, 0.3) is 5.91 Å². The van der Waals surface area contributed by atoms with Gasteiger partial charge in [0.05, 0.1) is 21.8 Å². The Labute approximate surface area is 178 Å². The number of amides is 1. The molecular formula is C20H15ClF3N3O4. The highest BCUT2D eigenvalue weighted by Crippen LogP contribution is 2.36. The van der Waals surface area contributed by atoms with E-state index in [-0.39, 0.29) is 16.9 Å². The molecule has 0 aliphatic heterocycles. The van der Waals surface area contributed by atoms with Crippen LogP contribution >= 0.6 is 11.6 Å². The SMILES string of the molecule is Cc1c[nH]c(=O)n1-c1ccc(C(=O)OCC(=O)Nc2ccc(Cl)c(C(F)(F)F)c2)cc1. The number of anilines is 1. The highest BCUT2D eigenvalue weighted by molar-refractivity contribution is 6.31. The molecule has 0 fully saturated rings. The second-order valence-electron chi connectivity index (χ2n) is 6.43. The van der Waals surface area contributed by atoms with Crippen molar-refractivity contribution in [1.82, 2.24) is 9.55 Å². The normalized spacial score (nSPS) is 11.3. The average Bonchev–Trinajstić information content (AvgIpc) is 3.05. The van der Waals surface area contributed by atoms with Crippen LogP contribution in [0.5, 0.6) is 0 Å². The van der Waals surface area contributed by atoms with Crippen molar-refractivity contribution in [1.29, 1.82) is 0 Å². The van der Waals surface area contributed by atoms with E-state index in [1.54, 1.807) is 13.1 Å². The third-order valence-corrected chi connectivity index (χ3v) is 4.54. The van der Waals surface area contributed by atoms with Crippen LogP contribution in [-0.4, -0.2) is 28.0 Å². The zero-order valence-corrected chi connectivity index (χ0v) is 16.7. The first-order valence-corrected chi connectivity index (χ1v) is 9.15. The maximum Gasteiger partial charge on any atom is 0.417 e. The monoisotopic (exact) mass is 453 g/mol. The fourth-order valence-electron chi connectivity index (χ4n) is 2.75. The van der Waals surface area contributed by atoms with Gasteiger partial charge < -0.3 is 15.0 Å². The van der Waals surface area contributed by atoms with Crippen LogP contribution in [0.25, 0.3) is 5.69 Å². The molecule has 0 saturated carbocycles. The van der Waals surface area contributed by atoms with Crippen LogP contribution in [0.1, 0.15) is 21.6 Å². The summed E-state index contributed by atoms with van der Waals surface area (Å²) in [6.45, 7) is 1.03. The van der Waals surface area contributed by atoms with E-state index in [1.807, 2.05) is 0 Å². The minimum atomic E-state index is -4.68. The number of rotatable bonds is 5. The number of esters is 1. The molecule has 0 bridgehead atoms. The standard InChI is InChI=1S/C20H15ClF3N3O4/c1-11-9-25-19(30)27(11)14-5-2-12(3-6-14)18(29)31-10-17(28)26-13-4-7-16(21)15(8-13)20(22,23)24/h2-9H,10H2,1H3,(H,25,30)(H,26,28). The lowest BCUT2D eigenvalue weighted by Crippen LogP contribution is -2.21. The molecule has 11 heteroatoms. The number of aromatic amines is 1. The average molecular weight is 454 g/mol. The number of ether oxygens (including phenoxy) is 1. The summed E-state index contributed by atoms with van der Waals surface area (Å²) < 4.78 is 44.9. The summed E-state index contributed by atoms with van der Waals surface area (Å²) in [5.41, 5.74) is -0.242. The van der Waals surface area contributed by atoms with Crippen LogP contribution in [0, 0.1) is 6.92 Å². The first kappa shape index (κ1) is 22.2. The van der Waals surface area contributed by atoms with E-state index >= 15 is 0 Å². The molecule has 0 spiro atoms. The van der Waals surface area contributed by atoms with E-state index in [0.717, 1.165) is 6.07 Å². The Morgan fingerprint density at radius 2 is 1.84 bits per heavy atom. The molecule has 7 nitrogen and oxygen atoms in total. The fourth-order valence-corrected chi connectivity index (χ4v) is 2.98. The Kier molecular flexibility index (Phi) is 6.21. The molecule has 1 amide bonds. The van der Waals surface area contributed by atoms with Gasteiger partial charge >= 0.3 is 17.8 Å². The molecule has 162 valence electrons. The van der Waals surface area contributed by atoms with Crippen LogP contribution in [0.3, 0.4) is 0 Å². The molecule has 0 unspecified atom stereocenters. The van der Waals surface area contributed by atoms with Gasteiger partial charge in [0.15, 0.2) is 6.61 Å². The first-order chi connectivity index (χ1) is 14.6. The lowest BCUT2D eigenvalue weighted by molar-refractivity contribution is -0.137. The molecule has 0 aliphatic carbocycles.